The Kier molecular flexibility index (Phi) is 4.52. The number of carbonyl (C=O) groups is 1. The smallest absolute Gasteiger partial charge is 0.267 e. The quantitative estimate of drug-likeness (QED) is 0.743. The Morgan fingerprint density at radius 2 is 1.58 bits per heavy atom. The molecule has 0 aliphatic rings. The van der Waals surface area contributed by atoms with Crippen molar-refractivity contribution in [2.24, 2.45) is 0 Å². The fourth-order valence-corrected chi connectivity index (χ4v) is 2.35. The second kappa shape index (κ2) is 6.91. The molecule has 0 radical (unpaired) electrons. The average Bonchev–Trinajstić information content (AvgIpc) is 2.64. The molecule has 0 saturated carbocycles. The lowest BCUT2D eigenvalue weighted by Crippen LogP contribution is -2.34. The van der Waals surface area contributed by atoms with Crippen molar-refractivity contribution in [3.05, 3.63) is 83.2 Å². The summed E-state index contributed by atoms with van der Waals surface area (Å²) in [6, 6.07) is 21.9. The standard InChI is InChI=1S/C19H17N3O2/c1-21(16-10-6-3-7-11-16)19(24)14-22-18(23)13-12-17(20-22)15-8-4-2-5-9-15/h2-13H,14H2,1H3. The van der Waals surface area contributed by atoms with Crippen molar-refractivity contribution in [1.82, 2.24) is 9.78 Å². The summed E-state index contributed by atoms with van der Waals surface area (Å²) in [5, 5.41) is 4.32. The highest BCUT2D eigenvalue weighted by Gasteiger charge is 2.13. The van der Waals surface area contributed by atoms with Gasteiger partial charge in [0.05, 0.1) is 5.69 Å². The lowest BCUT2D eigenvalue weighted by atomic mass is 10.1. The molecule has 1 heterocycles. The Morgan fingerprint density at radius 1 is 0.958 bits per heavy atom. The third kappa shape index (κ3) is 3.41. The molecule has 5 heteroatoms. The van der Waals surface area contributed by atoms with Gasteiger partial charge in [0.1, 0.15) is 6.54 Å². The molecule has 0 saturated heterocycles. The third-order valence-corrected chi connectivity index (χ3v) is 3.74. The summed E-state index contributed by atoms with van der Waals surface area (Å²) in [6.45, 7) is -0.106. The second-order valence-electron chi connectivity index (χ2n) is 5.37. The van der Waals surface area contributed by atoms with Gasteiger partial charge >= 0.3 is 0 Å². The molecule has 24 heavy (non-hydrogen) atoms. The highest BCUT2D eigenvalue weighted by molar-refractivity contribution is 5.92. The van der Waals surface area contributed by atoms with E-state index < -0.39 is 0 Å². The fraction of sp³-hybridized carbons (Fsp3) is 0.105. The Bertz CT molecular complexity index is 889. The lowest BCUT2D eigenvalue weighted by Gasteiger charge is -2.17. The zero-order valence-electron chi connectivity index (χ0n) is 13.3. The molecule has 0 spiro atoms. The normalized spacial score (nSPS) is 10.4. The summed E-state index contributed by atoms with van der Waals surface area (Å²) in [7, 11) is 1.68. The Hall–Kier alpha value is -3.21. The van der Waals surface area contributed by atoms with Gasteiger partial charge < -0.3 is 4.90 Å². The number of para-hydroxylation sites is 1. The van der Waals surface area contributed by atoms with E-state index in [9.17, 15) is 9.59 Å². The van der Waals surface area contributed by atoms with E-state index in [2.05, 4.69) is 5.10 Å². The molecule has 0 bridgehead atoms. The van der Waals surface area contributed by atoms with Crippen molar-refractivity contribution in [2.45, 2.75) is 6.54 Å². The van der Waals surface area contributed by atoms with Crippen LogP contribution in [0.25, 0.3) is 11.3 Å². The van der Waals surface area contributed by atoms with Crippen molar-refractivity contribution >= 4 is 11.6 Å². The SMILES string of the molecule is CN(C(=O)Cn1nc(-c2ccccc2)ccc1=O)c1ccccc1. The molecule has 0 aliphatic heterocycles. The topological polar surface area (TPSA) is 55.2 Å². The fourth-order valence-electron chi connectivity index (χ4n) is 2.35. The van der Waals surface area contributed by atoms with E-state index in [0.717, 1.165) is 11.3 Å². The van der Waals surface area contributed by atoms with Gasteiger partial charge in [-0.3, -0.25) is 9.59 Å². The maximum atomic E-state index is 12.4. The van der Waals surface area contributed by atoms with Crippen molar-refractivity contribution in [3.8, 4) is 11.3 Å². The number of anilines is 1. The van der Waals surface area contributed by atoms with Gasteiger partial charge in [0.15, 0.2) is 0 Å². The molecule has 120 valence electrons. The molecule has 0 atom stereocenters. The summed E-state index contributed by atoms with van der Waals surface area (Å²) in [4.78, 5) is 26.0. The first-order valence-electron chi connectivity index (χ1n) is 7.60. The van der Waals surface area contributed by atoms with Gasteiger partial charge in [-0.15, -0.1) is 0 Å². The van der Waals surface area contributed by atoms with E-state index in [1.54, 1.807) is 13.1 Å². The van der Waals surface area contributed by atoms with Crippen LogP contribution >= 0.6 is 0 Å². The molecule has 1 aromatic heterocycles. The van der Waals surface area contributed by atoms with Crippen LogP contribution in [-0.2, 0) is 11.3 Å². The number of nitrogens with zero attached hydrogens (tertiary/aromatic N) is 3. The van der Waals surface area contributed by atoms with Crippen LogP contribution in [0, 0.1) is 0 Å². The minimum Gasteiger partial charge on any atom is -0.314 e. The summed E-state index contributed by atoms with van der Waals surface area (Å²) in [5.74, 6) is -0.207. The number of benzene rings is 2. The van der Waals surface area contributed by atoms with E-state index in [0.29, 0.717) is 5.69 Å². The zero-order valence-corrected chi connectivity index (χ0v) is 13.3. The molecule has 0 unspecified atom stereocenters. The molecule has 2 aromatic carbocycles. The molecular formula is C19H17N3O2. The van der Waals surface area contributed by atoms with Crippen LogP contribution in [0.3, 0.4) is 0 Å². The number of carbonyl (C=O) groups excluding carboxylic acids is 1. The van der Waals surface area contributed by atoms with Gasteiger partial charge in [0.2, 0.25) is 5.91 Å². The maximum Gasteiger partial charge on any atom is 0.267 e. The average molecular weight is 319 g/mol. The van der Waals surface area contributed by atoms with Gasteiger partial charge in [0.25, 0.3) is 5.56 Å². The number of likely N-dealkylation sites (N-methyl/N-ethyl adjacent to an activating group) is 1. The highest BCUT2D eigenvalue weighted by atomic mass is 16.2. The molecule has 0 fully saturated rings. The number of hydrogen-bond donors (Lipinski definition) is 0. The van der Waals surface area contributed by atoms with Crippen LogP contribution in [0.1, 0.15) is 0 Å². The van der Waals surface area contributed by atoms with Gasteiger partial charge in [0, 0.05) is 24.4 Å². The summed E-state index contributed by atoms with van der Waals surface area (Å²) < 4.78 is 1.20. The molecule has 3 aromatic rings. The first-order valence-corrected chi connectivity index (χ1v) is 7.60. The van der Waals surface area contributed by atoms with E-state index in [1.807, 2.05) is 60.7 Å². The summed E-state index contributed by atoms with van der Waals surface area (Å²) in [6.07, 6.45) is 0. The van der Waals surface area contributed by atoms with Gasteiger partial charge in [-0.25, -0.2) is 4.68 Å². The van der Waals surface area contributed by atoms with E-state index >= 15 is 0 Å². The van der Waals surface area contributed by atoms with Crippen LogP contribution in [0.4, 0.5) is 5.69 Å². The summed E-state index contributed by atoms with van der Waals surface area (Å²) in [5.41, 5.74) is 2.03. The minimum atomic E-state index is -0.301. The van der Waals surface area contributed by atoms with Gasteiger partial charge in [-0.2, -0.15) is 5.10 Å². The number of aromatic nitrogens is 2. The Balaban J connectivity index is 1.85. The minimum absolute atomic E-state index is 0.106. The number of rotatable bonds is 4. The van der Waals surface area contributed by atoms with Gasteiger partial charge in [-0.05, 0) is 18.2 Å². The molecule has 5 nitrogen and oxygen atoms in total. The first kappa shape index (κ1) is 15.7. The monoisotopic (exact) mass is 319 g/mol. The summed E-state index contributed by atoms with van der Waals surface area (Å²) >= 11 is 0. The number of hydrogen-bond acceptors (Lipinski definition) is 3. The van der Waals surface area contributed by atoms with Crippen molar-refractivity contribution < 1.29 is 4.79 Å². The van der Waals surface area contributed by atoms with Crippen LogP contribution in [-0.4, -0.2) is 22.7 Å². The molecule has 3 rings (SSSR count). The van der Waals surface area contributed by atoms with E-state index in [1.165, 1.54) is 15.6 Å². The van der Waals surface area contributed by atoms with Gasteiger partial charge in [-0.1, -0.05) is 48.5 Å². The zero-order chi connectivity index (χ0) is 16.9. The Labute approximate surface area is 139 Å². The first-order chi connectivity index (χ1) is 11.6. The lowest BCUT2D eigenvalue weighted by molar-refractivity contribution is -0.119. The van der Waals surface area contributed by atoms with Crippen molar-refractivity contribution in [2.75, 3.05) is 11.9 Å². The third-order valence-electron chi connectivity index (χ3n) is 3.74. The maximum absolute atomic E-state index is 12.4. The predicted octanol–water partition coefficient (Wildman–Crippen LogP) is 2.57. The number of amides is 1. The molecule has 0 aliphatic carbocycles. The molecule has 0 N–H and O–H groups in total. The van der Waals surface area contributed by atoms with Crippen LogP contribution in [0.5, 0.6) is 0 Å². The molecular weight excluding hydrogens is 302 g/mol. The Morgan fingerprint density at radius 3 is 2.25 bits per heavy atom. The van der Waals surface area contributed by atoms with Crippen LogP contribution in [0.2, 0.25) is 0 Å². The largest absolute Gasteiger partial charge is 0.314 e. The van der Waals surface area contributed by atoms with Crippen LogP contribution in [0.15, 0.2) is 77.6 Å². The van der Waals surface area contributed by atoms with Crippen molar-refractivity contribution in [1.29, 1.82) is 0 Å². The van der Waals surface area contributed by atoms with E-state index in [-0.39, 0.29) is 18.0 Å². The van der Waals surface area contributed by atoms with E-state index in [4.69, 9.17) is 0 Å². The molecule has 1 amide bonds. The highest BCUT2D eigenvalue weighted by Crippen LogP contribution is 2.14. The second-order valence-corrected chi connectivity index (χ2v) is 5.37. The van der Waals surface area contributed by atoms with Crippen LogP contribution < -0.4 is 10.5 Å². The van der Waals surface area contributed by atoms with Crippen molar-refractivity contribution in [3.63, 3.8) is 0 Å². The predicted molar refractivity (Wildman–Crippen MR) is 93.8 cm³/mol.